The molecular weight excluding hydrogens is 217 g/mol. The summed E-state index contributed by atoms with van der Waals surface area (Å²) in [4.78, 5) is 3.67. The van der Waals surface area contributed by atoms with Gasteiger partial charge in [-0.05, 0) is 12.0 Å². The zero-order chi connectivity index (χ0) is 11.4. The second kappa shape index (κ2) is 5.05. The van der Waals surface area contributed by atoms with Gasteiger partial charge in [0.05, 0.1) is 0 Å². The van der Waals surface area contributed by atoms with E-state index in [9.17, 15) is 9.50 Å². The Morgan fingerprint density at radius 3 is 2.80 bits per heavy atom. The van der Waals surface area contributed by atoms with Gasteiger partial charge in [-0.3, -0.25) is 0 Å². The summed E-state index contributed by atoms with van der Waals surface area (Å²) in [6.07, 6.45) is 3.60. The first-order valence-electron chi connectivity index (χ1n) is 4.36. The van der Waals surface area contributed by atoms with Crippen LogP contribution in [-0.4, -0.2) is 10.1 Å². The fraction of sp³-hybridized carbons (Fsp3) is 0.182. The van der Waals surface area contributed by atoms with Crippen molar-refractivity contribution in [1.29, 1.82) is 0 Å². The van der Waals surface area contributed by atoms with Gasteiger partial charge in [0.15, 0.2) is 11.0 Å². The van der Waals surface area contributed by atoms with E-state index in [2.05, 4.69) is 18.1 Å². The molecule has 4 heteroatoms. The molecule has 80 valence electrons. The normalized spacial score (nSPS) is 12.2. The van der Waals surface area contributed by atoms with Gasteiger partial charge in [-0.15, -0.1) is 13.2 Å². The highest BCUT2D eigenvalue weighted by molar-refractivity contribution is 6.29. The number of aliphatic hydroxyl groups is 1. The molecule has 1 aromatic rings. The molecule has 0 saturated carbocycles. The van der Waals surface area contributed by atoms with Crippen molar-refractivity contribution >= 4 is 11.6 Å². The summed E-state index contributed by atoms with van der Waals surface area (Å²) >= 11 is 5.53. The molecule has 15 heavy (non-hydrogen) atoms. The van der Waals surface area contributed by atoms with E-state index in [0.717, 1.165) is 0 Å². The van der Waals surface area contributed by atoms with Gasteiger partial charge in [0.25, 0.3) is 0 Å². The number of pyridine rings is 1. The lowest BCUT2D eigenvalue weighted by atomic mass is 10.0. The highest BCUT2D eigenvalue weighted by Crippen LogP contribution is 2.26. The van der Waals surface area contributed by atoms with Crippen LogP contribution in [0.5, 0.6) is 0 Å². The summed E-state index contributed by atoms with van der Waals surface area (Å²) in [6.45, 7) is 6.95. The first-order chi connectivity index (χ1) is 7.11. The maximum Gasteiger partial charge on any atom is 0.166 e. The van der Waals surface area contributed by atoms with Gasteiger partial charge in [0.1, 0.15) is 6.10 Å². The third-order valence-electron chi connectivity index (χ3n) is 1.98. The minimum atomic E-state index is -1.08. The molecule has 0 saturated heterocycles. The first-order valence-corrected chi connectivity index (χ1v) is 4.73. The third kappa shape index (κ3) is 2.43. The van der Waals surface area contributed by atoms with Crippen LogP contribution in [0.2, 0.25) is 5.15 Å². The van der Waals surface area contributed by atoms with E-state index in [4.69, 9.17) is 11.6 Å². The number of aliphatic hydroxyl groups excluding tert-OH is 1. The second-order valence-electron chi connectivity index (χ2n) is 2.98. The second-order valence-corrected chi connectivity index (χ2v) is 3.33. The molecule has 0 aromatic carbocycles. The number of nitrogens with zero attached hydrogens (tertiary/aromatic N) is 1. The summed E-state index contributed by atoms with van der Waals surface area (Å²) in [5.41, 5.74) is 0.671. The molecule has 0 radical (unpaired) electrons. The molecule has 0 aliphatic rings. The Morgan fingerprint density at radius 1 is 1.60 bits per heavy atom. The lowest BCUT2D eigenvalue weighted by molar-refractivity contribution is 0.222. The molecule has 1 atom stereocenters. The largest absolute Gasteiger partial charge is 0.384 e. The minimum absolute atomic E-state index is 0.116. The van der Waals surface area contributed by atoms with Gasteiger partial charge in [0, 0.05) is 11.8 Å². The van der Waals surface area contributed by atoms with Gasteiger partial charge in [-0.25, -0.2) is 9.37 Å². The number of aromatic nitrogens is 1. The minimum Gasteiger partial charge on any atom is -0.384 e. The Labute approximate surface area is 92.7 Å². The number of rotatable bonds is 4. The van der Waals surface area contributed by atoms with Crippen LogP contribution in [0.3, 0.4) is 0 Å². The van der Waals surface area contributed by atoms with E-state index in [1.165, 1.54) is 12.3 Å². The number of allylic oxidation sites excluding steroid dienone is 1. The van der Waals surface area contributed by atoms with E-state index in [1.54, 1.807) is 6.08 Å². The number of hydrogen-bond donors (Lipinski definition) is 1. The fourth-order valence-corrected chi connectivity index (χ4v) is 1.42. The molecule has 1 aromatic heterocycles. The van der Waals surface area contributed by atoms with Crippen LogP contribution in [0.15, 0.2) is 31.5 Å². The van der Waals surface area contributed by atoms with Gasteiger partial charge in [-0.1, -0.05) is 23.8 Å². The summed E-state index contributed by atoms with van der Waals surface area (Å²) in [7, 11) is 0. The summed E-state index contributed by atoms with van der Waals surface area (Å²) < 4.78 is 13.6. The zero-order valence-electron chi connectivity index (χ0n) is 8.08. The van der Waals surface area contributed by atoms with E-state index < -0.39 is 11.9 Å². The average Bonchev–Trinajstić information content (AvgIpc) is 2.23. The lowest BCUT2D eigenvalue weighted by Gasteiger charge is -2.12. The van der Waals surface area contributed by atoms with Crippen molar-refractivity contribution in [2.75, 3.05) is 0 Å². The molecule has 1 N–H and O–H groups in total. The molecule has 1 heterocycles. The van der Waals surface area contributed by atoms with E-state index in [-0.39, 0.29) is 10.7 Å². The molecule has 1 rings (SSSR count). The van der Waals surface area contributed by atoms with Gasteiger partial charge in [0.2, 0.25) is 0 Å². The molecule has 0 aliphatic heterocycles. The Hall–Kier alpha value is -1.19. The SMILES string of the molecule is C=CCc1cnc(Cl)c(F)c1[C@@H](O)C=C. The Bertz CT molecular complexity index is 392. The smallest absolute Gasteiger partial charge is 0.166 e. The molecule has 2 nitrogen and oxygen atoms in total. The fourth-order valence-electron chi connectivity index (χ4n) is 1.27. The topological polar surface area (TPSA) is 33.1 Å². The van der Waals surface area contributed by atoms with Crippen molar-refractivity contribution in [3.63, 3.8) is 0 Å². The highest BCUT2D eigenvalue weighted by Gasteiger charge is 2.17. The maximum absolute atomic E-state index is 13.6. The molecule has 0 aliphatic carbocycles. The van der Waals surface area contributed by atoms with Gasteiger partial charge in [-0.2, -0.15) is 0 Å². The third-order valence-corrected chi connectivity index (χ3v) is 2.24. The van der Waals surface area contributed by atoms with Gasteiger partial charge < -0.3 is 5.11 Å². The molecular formula is C11H11ClFNO. The Kier molecular flexibility index (Phi) is 4.00. The average molecular weight is 228 g/mol. The van der Waals surface area contributed by atoms with E-state index >= 15 is 0 Å². The van der Waals surface area contributed by atoms with Crippen LogP contribution in [0, 0.1) is 5.82 Å². The van der Waals surface area contributed by atoms with Crippen LogP contribution < -0.4 is 0 Å². The monoisotopic (exact) mass is 227 g/mol. The van der Waals surface area contributed by atoms with Crippen molar-refractivity contribution in [2.45, 2.75) is 12.5 Å². The van der Waals surface area contributed by atoms with Crippen molar-refractivity contribution in [3.8, 4) is 0 Å². The Balaban J connectivity index is 3.33. The zero-order valence-corrected chi connectivity index (χ0v) is 8.84. The molecule has 0 amide bonds. The highest BCUT2D eigenvalue weighted by atomic mass is 35.5. The molecule has 0 unspecified atom stereocenters. The van der Waals surface area contributed by atoms with Crippen molar-refractivity contribution in [1.82, 2.24) is 4.98 Å². The molecule has 0 fully saturated rings. The molecule has 0 bridgehead atoms. The van der Waals surface area contributed by atoms with Crippen LogP contribution in [0.25, 0.3) is 0 Å². The summed E-state index contributed by atoms with van der Waals surface area (Å²) in [6, 6.07) is 0. The van der Waals surface area contributed by atoms with Crippen molar-refractivity contribution in [3.05, 3.63) is 53.6 Å². The Morgan fingerprint density at radius 2 is 2.27 bits per heavy atom. The lowest BCUT2D eigenvalue weighted by Crippen LogP contribution is -2.04. The predicted molar refractivity (Wildman–Crippen MR) is 58.3 cm³/mol. The standard InChI is InChI=1S/C11H11ClFNO/c1-3-5-7-6-14-11(12)10(13)9(7)8(15)4-2/h3-4,6,8,15H,1-2,5H2/t8-/m0/s1. The van der Waals surface area contributed by atoms with Crippen molar-refractivity contribution in [2.24, 2.45) is 0 Å². The maximum atomic E-state index is 13.6. The molecule has 0 spiro atoms. The van der Waals surface area contributed by atoms with Crippen LogP contribution >= 0.6 is 11.6 Å². The summed E-state index contributed by atoms with van der Waals surface area (Å²) in [5, 5.41) is 9.31. The van der Waals surface area contributed by atoms with Crippen LogP contribution in [0.4, 0.5) is 4.39 Å². The van der Waals surface area contributed by atoms with E-state index in [1.807, 2.05) is 0 Å². The predicted octanol–water partition coefficient (Wildman–Crippen LogP) is 2.82. The van der Waals surface area contributed by atoms with Crippen molar-refractivity contribution < 1.29 is 9.50 Å². The number of hydrogen-bond acceptors (Lipinski definition) is 2. The van der Waals surface area contributed by atoms with Gasteiger partial charge >= 0.3 is 0 Å². The summed E-state index contributed by atoms with van der Waals surface area (Å²) in [5.74, 6) is -0.705. The quantitative estimate of drug-likeness (QED) is 0.634. The number of halogens is 2. The first kappa shape index (κ1) is 11.9. The van der Waals surface area contributed by atoms with E-state index in [0.29, 0.717) is 12.0 Å². The van der Waals surface area contributed by atoms with Crippen LogP contribution in [-0.2, 0) is 6.42 Å². The van der Waals surface area contributed by atoms with Crippen LogP contribution in [0.1, 0.15) is 17.2 Å².